The molecule has 6 heteroatoms. The van der Waals surface area contributed by atoms with Gasteiger partial charge in [-0.3, -0.25) is 4.79 Å². The fraction of sp³-hybridized carbons (Fsp3) is 0.400. The van der Waals surface area contributed by atoms with Gasteiger partial charge in [0.1, 0.15) is 17.7 Å². The number of amides is 1. The van der Waals surface area contributed by atoms with Crippen LogP contribution < -0.4 is 14.8 Å². The Hall–Kier alpha value is -2.78. The molecule has 0 radical (unpaired) electrons. The van der Waals surface area contributed by atoms with Crippen molar-refractivity contribution in [1.82, 2.24) is 5.32 Å². The molecule has 1 N–H and O–H groups in total. The van der Waals surface area contributed by atoms with Gasteiger partial charge in [-0.2, -0.15) is 5.26 Å². The topological polar surface area (TPSA) is 80.6 Å². The molecule has 0 aromatic heterocycles. The van der Waals surface area contributed by atoms with Gasteiger partial charge in [-0.15, -0.1) is 0 Å². The number of ether oxygens (including phenoxy) is 3. The van der Waals surface area contributed by atoms with E-state index >= 15 is 0 Å². The van der Waals surface area contributed by atoms with Gasteiger partial charge in [0, 0.05) is 18.7 Å². The van der Waals surface area contributed by atoms with Gasteiger partial charge in [0.2, 0.25) is 0 Å². The fourth-order valence-electron chi connectivity index (χ4n) is 3.06. The summed E-state index contributed by atoms with van der Waals surface area (Å²) in [6, 6.07) is 7.58. The normalized spacial score (nSPS) is 21.9. The molecular weight excluding hydrogens is 332 g/mol. The maximum atomic E-state index is 12.3. The van der Waals surface area contributed by atoms with E-state index in [1.807, 2.05) is 37.3 Å². The summed E-state index contributed by atoms with van der Waals surface area (Å²) >= 11 is 0. The van der Waals surface area contributed by atoms with Gasteiger partial charge >= 0.3 is 0 Å². The van der Waals surface area contributed by atoms with Crippen molar-refractivity contribution in [3.63, 3.8) is 0 Å². The molecule has 0 bridgehead atoms. The maximum Gasteiger partial charge on any atom is 0.262 e. The molecule has 2 atom stereocenters. The lowest BCUT2D eigenvalue weighted by Gasteiger charge is -2.24. The SMILES string of the molecule is COc1cccc2c1OC(C)C(C=C(C#N)C(=O)NCC1CCCO1)=C2. The van der Waals surface area contributed by atoms with Crippen molar-refractivity contribution >= 4 is 12.0 Å². The van der Waals surface area contributed by atoms with Gasteiger partial charge < -0.3 is 19.5 Å². The van der Waals surface area contributed by atoms with Crippen molar-refractivity contribution < 1.29 is 19.0 Å². The molecule has 2 aliphatic heterocycles. The quantitative estimate of drug-likeness (QED) is 0.649. The fourth-order valence-corrected chi connectivity index (χ4v) is 3.06. The van der Waals surface area contributed by atoms with E-state index in [1.54, 1.807) is 13.2 Å². The number of nitrogens with zero attached hydrogens (tertiary/aromatic N) is 1. The Morgan fingerprint density at radius 2 is 2.35 bits per heavy atom. The van der Waals surface area contributed by atoms with Crippen LogP contribution in [0.1, 0.15) is 25.3 Å². The van der Waals surface area contributed by atoms with Crippen LogP contribution in [0.3, 0.4) is 0 Å². The third kappa shape index (κ3) is 3.89. The van der Waals surface area contributed by atoms with Crippen molar-refractivity contribution in [2.75, 3.05) is 20.3 Å². The molecule has 2 heterocycles. The van der Waals surface area contributed by atoms with Crippen molar-refractivity contribution in [3.8, 4) is 17.6 Å². The van der Waals surface area contributed by atoms with Gasteiger partial charge in [0.05, 0.1) is 13.2 Å². The van der Waals surface area contributed by atoms with Crippen molar-refractivity contribution in [3.05, 3.63) is 41.0 Å². The monoisotopic (exact) mass is 354 g/mol. The number of carbonyl (C=O) groups excluding carboxylic acids is 1. The van der Waals surface area contributed by atoms with Gasteiger partial charge in [-0.1, -0.05) is 12.1 Å². The number of para-hydroxylation sites is 1. The third-order valence-corrected chi connectivity index (χ3v) is 4.51. The first kappa shape index (κ1) is 18.0. The van der Waals surface area contributed by atoms with Crippen molar-refractivity contribution in [1.29, 1.82) is 5.26 Å². The largest absolute Gasteiger partial charge is 0.493 e. The van der Waals surface area contributed by atoms with E-state index in [4.69, 9.17) is 14.2 Å². The van der Waals surface area contributed by atoms with Crippen LogP contribution in [0.4, 0.5) is 0 Å². The third-order valence-electron chi connectivity index (χ3n) is 4.51. The number of hydrogen-bond acceptors (Lipinski definition) is 5. The zero-order valence-electron chi connectivity index (χ0n) is 15.0. The predicted octanol–water partition coefficient (Wildman–Crippen LogP) is 2.60. The number of methoxy groups -OCH3 is 1. The van der Waals surface area contributed by atoms with Crippen LogP contribution in [0.25, 0.3) is 6.08 Å². The first-order valence-corrected chi connectivity index (χ1v) is 8.69. The first-order chi connectivity index (χ1) is 12.6. The zero-order valence-corrected chi connectivity index (χ0v) is 15.0. The Labute approximate surface area is 153 Å². The second kappa shape index (κ2) is 8.07. The van der Waals surface area contributed by atoms with Gasteiger partial charge in [-0.25, -0.2) is 0 Å². The summed E-state index contributed by atoms with van der Waals surface area (Å²) in [5, 5.41) is 12.2. The summed E-state index contributed by atoms with van der Waals surface area (Å²) in [6.45, 7) is 3.02. The number of benzene rings is 1. The molecule has 1 saturated heterocycles. The summed E-state index contributed by atoms with van der Waals surface area (Å²) in [5.74, 6) is 0.928. The summed E-state index contributed by atoms with van der Waals surface area (Å²) < 4.78 is 16.7. The van der Waals surface area contributed by atoms with Crippen LogP contribution >= 0.6 is 0 Å². The predicted molar refractivity (Wildman–Crippen MR) is 96.7 cm³/mol. The minimum Gasteiger partial charge on any atom is -0.493 e. The Morgan fingerprint density at radius 3 is 3.04 bits per heavy atom. The number of rotatable bonds is 5. The molecule has 1 amide bonds. The van der Waals surface area contributed by atoms with Crippen LogP contribution in [0.5, 0.6) is 11.5 Å². The zero-order chi connectivity index (χ0) is 18.5. The van der Waals surface area contributed by atoms with E-state index in [0.717, 1.165) is 30.6 Å². The van der Waals surface area contributed by atoms with E-state index in [2.05, 4.69) is 5.32 Å². The van der Waals surface area contributed by atoms with E-state index in [1.165, 1.54) is 0 Å². The molecule has 136 valence electrons. The number of hydrogen-bond donors (Lipinski definition) is 1. The standard InChI is InChI=1S/C20H22N2O4/c1-13-15(9-14-5-3-7-18(24-2)19(14)26-13)10-16(11-21)20(23)22-12-17-6-4-8-25-17/h3,5,7,9-10,13,17H,4,6,8,12H2,1-2H3,(H,22,23). The average Bonchev–Trinajstić information content (AvgIpc) is 3.17. The molecule has 26 heavy (non-hydrogen) atoms. The van der Waals surface area contributed by atoms with Crippen LogP contribution in [-0.2, 0) is 9.53 Å². The molecular formula is C20H22N2O4. The van der Waals surface area contributed by atoms with Gasteiger partial charge in [0.15, 0.2) is 11.5 Å². The van der Waals surface area contributed by atoms with E-state index < -0.39 is 5.91 Å². The number of nitriles is 1. The Balaban J connectivity index is 1.78. The molecule has 1 fully saturated rings. The molecule has 3 rings (SSSR count). The lowest BCUT2D eigenvalue weighted by molar-refractivity contribution is -0.117. The Bertz CT molecular complexity index is 785. The second-order valence-electron chi connectivity index (χ2n) is 6.30. The molecule has 6 nitrogen and oxygen atoms in total. The summed E-state index contributed by atoms with van der Waals surface area (Å²) in [4.78, 5) is 12.3. The van der Waals surface area contributed by atoms with Crippen molar-refractivity contribution in [2.45, 2.75) is 32.0 Å². The smallest absolute Gasteiger partial charge is 0.262 e. The highest BCUT2D eigenvalue weighted by Gasteiger charge is 2.23. The summed E-state index contributed by atoms with van der Waals surface area (Å²) in [6.07, 6.45) is 5.17. The summed E-state index contributed by atoms with van der Waals surface area (Å²) in [7, 11) is 1.59. The minimum atomic E-state index is -0.396. The van der Waals surface area contributed by atoms with Crippen LogP contribution in [0.2, 0.25) is 0 Å². The average molecular weight is 354 g/mol. The van der Waals surface area contributed by atoms with Crippen LogP contribution in [0.15, 0.2) is 35.4 Å². The molecule has 1 aromatic carbocycles. The first-order valence-electron chi connectivity index (χ1n) is 8.69. The Morgan fingerprint density at radius 1 is 1.50 bits per heavy atom. The van der Waals surface area contributed by atoms with Crippen molar-refractivity contribution in [2.24, 2.45) is 0 Å². The van der Waals surface area contributed by atoms with E-state index in [-0.39, 0.29) is 17.8 Å². The number of fused-ring (bicyclic) bond motifs is 1. The van der Waals surface area contributed by atoms with Crippen LogP contribution in [0, 0.1) is 11.3 Å². The molecule has 1 aromatic rings. The van der Waals surface area contributed by atoms with Crippen LogP contribution in [-0.4, -0.2) is 38.4 Å². The molecule has 0 aliphatic carbocycles. The molecule has 0 saturated carbocycles. The summed E-state index contributed by atoms with van der Waals surface area (Å²) in [5.41, 5.74) is 1.66. The number of carbonyl (C=O) groups is 1. The number of nitrogens with one attached hydrogen (secondary N) is 1. The lowest BCUT2D eigenvalue weighted by atomic mass is 10.00. The van der Waals surface area contributed by atoms with Gasteiger partial charge in [0.25, 0.3) is 5.91 Å². The highest BCUT2D eigenvalue weighted by atomic mass is 16.5. The minimum absolute atomic E-state index is 0.0365. The highest BCUT2D eigenvalue weighted by Crippen LogP contribution is 2.38. The van der Waals surface area contributed by atoms with E-state index in [0.29, 0.717) is 18.0 Å². The second-order valence-corrected chi connectivity index (χ2v) is 6.30. The van der Waals surface area contributed by atoms with Gasteiger partial charge in [-0.05, 0) is 43.6 Å². The molecule has 2 aliphatic rings. The lowest BCUT2D eigenvalue weighted by Crippen LogP contribution is -2.32. The molecule has 0 spiro atoms. The molecule has 2 unspecified atom stereocenters. The highest BCUT2D eigenvalue weighted by molar-refractivity contribution is 5.98. The Kier molecular flexibility index (Phi) is 5.59. The van der Waals surface area contributed by atoms with E-state index in [9.17, 15) is 10.1 Å². The maximum absolute atomic E-state index is 12.3.